The molecule has 0 spiro atoms. The van der Waals surface area contributed by atoms with E-state index in [2.05, 4.69) is 32.7 Å². The molecule has 1 amide bonds. The van der Waals surface area contributed by atoms with E-state index in [1.807, 2.05) is 0 Å². The fourth-order valence-corrected chi connectivity index (χ4v) is 1.40. The molecule has 0 heterocycles. The van der Waals surface area contributed by atoms with E-state index in [4.69, 9.17) is 13.0 Å². The monoisotopic (exact) mass is 294 g/mol. The molecular weight excluding hydrogens is 268 g/mol. The lowest BCUT2D eigenvalue weighted by atomic mass is 10.3. The Balaban J connectivity index is 0. The van der Waals surface area contributed by atoms with Crippen molar-refractivity contribution in [3.05, 3.63) is 12.2 Å². The smallest absolute Gasteiger partial charge is 0.250 e. The van der Waals surface area contributed by atoms with Gasteiger partial charge in [-0.05, 0) is 27.7 Å². The van der Waals surface area contributed by atoms with E-state index in [0.29, 0.717) is 18.5 Å². The molecule has 0 fully saturated rings. The first-order valence-corrected chi connectivity index (χ1v) is 8.02. The maximum absolute atomic E-state index is 11.3. The number of rotatable bonds is 6. The maximum Gasteiger partial charge on any atom is 0.250 e. The quantitative estimate of drug-likeness (QED) is 0.338. The summed E-state index contributed by atoms with van der Waals surface area (Å²) in [5.41, 5.74) is 0.575. The lowest BCUT2D eigenvalue weighted by molar-refractivity contribution is -0.924. The van der Waals surface area contributed by atoms with Gasteiger partial charge in [-0.25, -0.2) is 8.42 Å². The number of hydrogen-bond acceptors (Lipinski definition) is 4. The summed E-state index contributed by atoms with van der Waals surface area (Å²) in [6, 6.07) is 0. The van der Waals surface area contributed by atoms with Crippen LogP contribution in [0, 0.1) is 0 Å². The van der Waals surface area contributed by atoms with Crippen molar-refractivity contribution in [2.24, 2.45) is 0 Å². The van der Waals surface area contributed by atoms with E-state index in [9.17, 15) is 4.79 Å². The van der Waals surface area contributed by atoms with E-state index in [1.54, 1.807) is 6.92 Å². The number of carbonyl (C=O) groups excluding carboxylic acids is 1. The van der Waals surface area contributed by atoms with E-state index in [-0.39, 0.29) is 5.91 Å². The molecule has 0 aliphatic heterocycles. The first-order chi connectivity index (χ1) is 8.51. The van der Waals surface area contributed by atoms with Crippen LogP contribution in [0.2, 0.25) is 0 Å². The molecule has 0 aromatic rings. The van der Waals surface area contributed by atoms with Crippen molar-refractivity contribution in [1.29, 1.82) is 0 Å². The van der Waals surface area contributed by atoms with Crippen LogP contribution in [-0.4, -0.2) is 55.9 Å². The number of nitrogens with zero attached hydrogens (tertiary/aromatic N) is 1. The maximum atomic E-state index is 11.3. The van der Waals surface area contributed by atoms with Crippen LogP contribution in [0.4, 0.5) is 0 Å². The summed E-state index contributed by atoms with van der Waals surface area (Å²) in [7, 11) is -3.92. The van der Waals surface area contributed by atoms with Crippen LogP contribution in [0.25, 0.3) is 0 Å². The molecule has 0 radical (unpaired) electrons. The molecule has 6 nitrogen and oxygen atoms in total. The van der Waals surface area contributed by atoms with Gasteiger partial charge in [0.1, 0.15) is 0 Å². The second-order valence-corrected chi connectivity index (χ2v) is 5.85. The summed E-state index contributed by atoms with van der Waals surface area (Å²) >= 11 is 0. The SMILES string of the molecule is C=C(C)C(=O)NC[N+](CC)(CC)CC.CS(=O)(=O)[O-]. The average Bonchev–Trinajstić information content (AvgIpc) is 2.29. The van der Waals surface area contributed by atoms with Gasteiger partial charge in [0, 0.05) is 11.8 Å². The molecule has 0 saturated heterocycles. The third-order valence-electron chi connectivity index (χ3n) is 2.98. The van der Waals surface area contributed by atoms with Gasteiger partial charge in [0.05, 0.1) is 29.8 Å². The van der Waals surface area contributed by atoms with Crippen LogP contribution in [0.5, 0.6) is 0 Å². The van der Waals surface area contributed by atoms with Gasteiger partial charge in [-0.15, -0.1) is 0 Å². The standard InChI is InChI=1S/C11H22N2O.CH4O3S/c1-6-13(7-2,8-3)9-12-11(14)10(4)5;1-5(2,3)4/h4,6-9H2,1-3,5H3;1H3,(H,2,3,4). The molecule has 114 valence electrons. The summed E-state index contributed by atoms with van der Waals surface area (Å²) in [5, 5.41) is 2.91. The third kappa shape index (κ3) is 11.9. The normalized spacial score (nSPS) is 11.3. The minimum atomic E-state index is -3.92. The van der Waals surface area contributed by atoms with Crippen LogP contribution >= 0.6 is 0 Å². The first-order valence-electron chi connectivity index (χ1n) is 6.21. The third-order valence-corrected chi connectivity index (χ3v) is 2.98. The molecule has 0 saturated carbocycles. The Morgan fingerprint density at radius 2 is 1.53 bits per heavy atom. The van der Waals surface area contributed by atoms with Gasteiger partial charge < -0.3 is 14.4 Å². The largest absolute Gasteiger partial charge is 0.748 e. The van der Waals surface area contributed by atoms with E-state index in [0.717, 1.165) is 24.1 Å². The van der Waals surface area contributed by atoms with Crippen molar-refractivity contribution < 1.29 is 22.2 Å². The highest BCUT2D eigenvalue weighted by atomic mass is 32.2. The molecule has 19 heavy (non-hydrogen) atoms. The van der Waals surface area contributed by atoms with Gasteiger partial charge in [0.2, 0.25) is 0 Å². The van der Waals surface area contributed by atoms with Gasteiger partial charge in [-0.1, -0.05) is 6.58 Å². The molecule has 0 aliphatic rings. The lowest BCUT2D eigenvalue weighted by Crippen LogP contribution is -2.54. The molecular formula is C12H26N2O4S. The van der Waals surface area contributed by atoms with Crippen molar-refractivity contribution in [1.82, 2.24) is 5.32 Å². The summed E-state index contributed by atoms with van der Waals surface area (Å²) < 4.78 is 28.2. The fourth-order valence-electron chi connectivity index (χ4n) is 1.40. The molecule has 0 aromatic heterocycles. The first kappa shape index (κ1) is 20.4. The minimum absolute atomic E-state index is 0.0390. The average molecular weight is 294 g/mol. The second kappa shape index (κ2) is 9.06. The topological polar surface area (TPSA) is 86.3 Å². The molecule has 0 aliphatic carbocycles. The Labute approximate surface area is 116 Å². The van der Waals surface area contributed by atoms with Crippen LogP contribution in [0.1, 0.15) is 27.7 Å². The molecule has 0 unspecified atom stereocenters. The van der Waals surface area contributed by atoms with E-state index < -0.39 is 10.1 Å². The van der Waals surface area contributed by atoms with Gasteiger partial charge in [-0.3, -0.25) is 4.79 Å². The van der Waals surface area contributed by atoms with Crippen LogP contribution in [0.3, 0.4) is 0 Å². The highest BCUT2D eigenvalue weighted by Gasteiger charge is 2.20. The van der Waals surface area contributed by atoms with Crippen molar-refractivity contribution >= 4 is 16.0 Å². The van der Waals surface area contributed by atoms with Crippen LogP contribution in [0.15, 0.2) is 12.2 Å². The van der Waals surface area contributed by atoms with Gasteiger partial charge in [0.25, 0.3) is 5.91 Å². The molecule has 0 rings (SSSR count). The highest BCUT2D eigenvalue weighted by Crippen LogP contribution is 2.03. The van der Waals surface area contributed by atoms with Crippen LogP contribution < -0.4 is 5.32 Å². The van der Waals surface area contributed by atoms with Crippen LogP contribution in [-0.2, 0) is 14.9 Å². The molecule has 0 bridgehead atoms. The van der Waals surface area contributed by atoms with Crippen molar-refractivity contribution in [3.8, 4) is 0 Å². The predicted molar refractivity (Wildman–Crippen MR) is 75.3 cm³/mol. The van der Waals surface area contributed by atoms with E-state index in [1.165, 1.54) is 0 Å². The number of nitrogens with one attached hydrogen (secondary N) is 1. The van der Waals surface area contributed by atoms with Crippen molar-refractivity contribution in [2.75, 3.05) is 32.6 Å². The van der Waals surface area contributed by atoms with Gasteiger partial charge in [0.15, 0.2) is 6.67 Å². The molecule has 0 aromatic carbocycles. The second-order valence-electron chi connectivity index (χ2n) is 4.44. The summed E-state index contributed by atoms with van der Waals surface area (Å²) in [4.78, 5) is 11.3. The number of amides is 1. The zero-order valence-electron chi connectivity index (χ0n) is 12.5. The summed E-state index contributed by atoms with van der Waals surface area (Å²) in [6.45, 7) is 15.6. The molecule has 1 N–H and O–H groups in total. The minimum Gasteiger partial charge on any atom is -0.748 e. The fraction of sp³-hybridized carbons (Fsp3) is 0.750. The Morgan fingerprint density at radius 1 is 1.21 bits per heavy atom. The van der Waals surface area contributed by atoms with E-state index >= 15 is 0 Å². The predicted octanol–water partition coefficient (Wildman–Crippen LogP) is 0.674. The Bertz CT molecular complexity index is 370. The van der Waals surface area contributed by atoms with Crippen molar-refractivity contribution in [2.45, 2.75) is 27.7 Å². The molecule has 7 heteroatoms. The Hall–Kier alpha value is -0.920. The number of quaternary nitrogens is 1. The van der Waals surface area contributed by atoms with Crippen molar-refractivity contribution in [3.63, 3.8) is 0 Å². The Kier molecular flexibility index (Phi) is 9.73. The summed E-state index contributed by atoms with van der Waals surface area (Å²) in [5.74, 6) is -0.0390. The summed E-state index contributed by atoms with van der Waals surface area (Å²) in [6.07, 6.45) is 0.604. The highest BCUT2D eigenvalue weighted by molar-refractivity contribution is 7.84. The Morgan fingerprint density at radius 3 is 1.74 bits per heavy atom. The van der Waals surface area contributed by atoms with Gasteiger partial charge >= 0.3 is 0 Å². The molecule has 0 atom stereocenters. The zero-order valence-corrected chi connectivity index (χ0v) is 13.3. The zero-order chi connectivity index (χ0) is 15.7. The number of hydrogen-bond donors (Lipinski definition) is 1. The lowest BCUT2D eigenvalue weighted by Gasteiger charge is -2.35. The van der Waals surface area contributed by atoms with Gasteiger partial charge in [-0.2, -0.15) is 0 Å². The number of carbonyl (C=O) groups is 1.